The van der Waals surface area contributed by atoms with E-state index in [1.54, 1.807) is 22.7 Å². The minimum atomic E-state index is -0.771. The van der Waals surface area contributed by atoms with Gasteiger partial charge in [0.25, 0.3) is 0 Å². The molecular weight excluding hydrogens is 374 g/mol. The van der Waals surface area contributed by atoms with Crippen LogP contribution in [0.3, 0.4) is 0 Å². The number of fused-ring (bicyclic) bond motifs is 1. The third kappa shape index (κ3) is 3.42. The lowest BCUT2D eigenvalue weighted by atomic mass is 9.98. The minimum absolute atomic E-state index is 0.00249. The summed E-state index contributed by atoms with van der Waals surface area (Å²) in [5.74, 6) is -1.75. The van der Waals surface area contributed by atoms with Gasteiger partial charge in [-0.15, -0.1) is 22.7 Å². The van der Waals surface area contributed by atoms with Gasteiger partial charge in [0.2, 0.25) is 5.91 Å². The Morgan fingerprint density at radius 1 is 1.19 bits per heavy atom. The molecule has 0 spiro atoms. The Labute approximate surface area is 157 Å². The van der Waals surface area contributed by atoms with Crippen molar-refractivity contribution in [2.24, 2.45) is 0 Å². The van der Waals surface area contributed by atoms with Crippen LogP contribution in [0.2, 0.25) is 0 Å². The predicted octanol–water partition coefficient (Wildman–Crippen LogP) is 4.67. The lowest BCUT2D eigenvalue weighted by Crippen LogP contribution is -2.40. The van der Waals surface area contributed by atoms with Gasteiger partial charge in [0.15, 0.2) is 0 Å². The van der Waals surface area contributed by atoms with Crippen LogP contribution in [0.4, 0.5) is 14.5 Å². The first-order valence-electron chi connectivity index (χ1n) is 8.20. The monoisotopic (exact) mass is 390 g/mol. The van der Waals surface area contributed by atoms with E-state index in [1.165, 1.54) is 21.4 Å². The summed E-state index contributed by atoms with van der Waals surface area (Å²) in [5, 5.41) is 6.67. The SMILES string of the molecule is O=C(CN1CCc2sccc2[C@H]1c1cccs1)Nc1ccc(F)cc1F. The maximum Gasteiger partial charge on any atom is 0.238 e. The molecule has 4 rings (SSSR count). The third-order valence-corrected chi connectivity index (χ3v) is 6.35. The molecule has 1 atom stereocenters. The zero-order chi connectivity index (χ0) is 18.1. The van der Waals surface area contributed by atoms with Crippen LogP contribution < -0.4 is 5.32 Å². The molecule has 1 N–H and O–H groups in total. The molecule has 3 nitrogen and oxygen atoms in total. The highest BCUT2D eigenvalue weighted by Gasteiger charge is 2.31. The highest BCUT2D eigenvalue weighted by atomic mass is 32.1. The largest absolute Gasteiger partial charge is 0.322 e. The van der Waals surface area contributed by atoms with Gasteiger partial charge in [-0.2, -0.15) is 0 Å². The van der Waals surface area contributed by atoms with Crippen molar-refractivity contribution in [1.29, 1.82) is 0 Å². The molecular formula is C19H16F2N2OS2. The van der Waals surface area contributed by atoms with Gasteiger partial charge in [-0.05, 0) is 47.0 Å². The molecule has 7 heteroatoms. The highest BCUT2D eigenvalue weighted by Crippen LogP contribution is 2.39. The highest BCUT2D eigenvalue weighted by molar-refractivity contribution is 7.10. The number of amides is 1. The van der Waals surface area contributed by atoms with Gasteiger partial charge in [0, 0.05) is 22.4 Å². The number of nitrogens with zero attached hydrogens (tertiary/aromatic N) is 1. The van der Waals surface area contributed by atoms with Crippen LogP contribution in [0.25, 0.3) is 0 Å². The quantitative estimate of drug-likeness (QED) is 0.702. The van der Waals surface area contributed by atoms with Crippen molar-refractivity contribution in [3.8, 4) is 0 Å². The van der Waals surface area contributed by atoms with Crippen LogP contribution in [0.5, 0.6) is 0 Å². The summed E-state index contributed by atoms with van der Waals surface area (Å²) >= 11 is 3.41. The van der Waals surface area contributed by atoms with Crippen molar-refractivity contribution in [3.63, 3.8) is 0 Å². The van der Waals surface area contributed by atoms with Crippen molar-refractivity contribution in [2.75, 3.05) is 18.4 Å². The number of rotatable bonds is 4. The number of anilines is 1. The lowest BCUT2D eigenvalue weighted by Gasteiger charge is -2.34. The summed E-state index contributed by atoms with van der Waals surface area (Å²) in [7, 11) is 0. The molecule has 1 aromatic carbocycles. The predicted molar refractivity (Wildman–Crippen MR) is 101 cm³/mol. The van der Waals surface area contributed by atoms with Crippen molar-refractivity contribution < 1.29 is 13.6 Å². The van der Waals surface area contributed by atoms with E-state index in [9.17, 15) is 13.6 Å². The molecule has 1 amide bonds. The van der Waals surface area contributed by atoms with Gasteiger partial charge in [-0.1, -0.05) is 6.07 Å². The summed E-state index contributed by atoms with van der Waals surface area (Å²) in [6.07, 6.45) is 0.896. The topological polar surface area (TPSA) is 32.3 Å². The number of thiophene rings is 2. The Hall–Kier alpha value is -2.09. The number of benzene rings is 1. The smallest absolute Gasteiger partial charge is 0.238 e. The summed E-state index contributed by atoms with van der Waals surface area (Å²) in [4.78, 5) is 17.1. The van der Waals surface area contributed by atoms with Crippen LogP contribution in [0, 0.1) is 11.6 Å². The summed E-state index contributed by atoms with van der Waals surface area (Å²) in [5.41, 5.74) is 1.24. The van der Waals surface area contributed by atoms with Gasteiger partial charge < -0.3 is 5.32 Å². The van der Waals surface area contributed by atoms with Crippen molar-refractivity contribution in [2.45, 2.75) is 12.5 Å². The second-order valence-corrected chi connectivity index (χ2v) is 8.09. The zero-order valence-electron chi connectivity index (χ0n) is 13.7. The van der Waals surface area contributed by atoms with Crippen molar-refractivity contribution in [1.82, 2.24) is 4.90 Å². The molecule has 0 unspecified atom stereocenters. The van der Waals surface area contributed by atoms with Gasteiger partial charge in [-0.25, -0.2) is 8.78 Å². The molecule has 0 fully saturated rings. The van der Waals surface area contributed by atoms with Crippen molar-refractivity contribution in [3.05, 3.63) is 74.1 Å². The number of hydrogen-bond donors (Lipinski definition) is 1. The molecule has 3 heterocycles. The Bertz CT molecular complexity index is 924. The van der Waals surface area contributed by atoms with E-state index >= 15 is 0 Å². The molecule has 0 aliphatic carbocycles. The van der Waals surface area contributed by atoms with E-state index in [1.807, 2.05) is 11.4 Å². The Balaban J connectivity index is 1.54. The number of carbonyl (C=O) groups is 1. The van der Waals surface area contributed by atoms with Crippen LogP contribution in [0.1, 0.15) is 21.4 Å². The van der Waals surface area contributed by atoms with E-state index in [2.05, 4.69) is 27.7 Å². The average Bonchev–Trinajstić information content (AvgIpc) is 3.28. The molecule has 26 heavy (non-hydrogen) atoms. The van der Waals surface area contributed by atoms with Gasteiger partial charge in [0.05, 0.1) is 18.3 Å². The van der Waals surface area contributed by atoms with E-state index in [0.29, 0.717) is 0 Å². The van der Waals surface area contributed by atoms with E-state index in [4.69, 9.17) is 0 Å². The molecule has 2 aromatic heterocycles. The second-order valence-electron chi connectivity index (χ2n) is 6.11. The number of nitrogens with one attached hydrogen (secondary N) is 1. The normalized spacial score (nSPS) is 17.1. The summed E-state index contributed by atoms with van der Waals surface area (Å²) < 4.78 is 26.8. The fraction of sp³-hybridized carbons (Fsp3) is 0.211. The summed E-state index contributed by atoms with van der Waals surface area (Å²) in [6.45, 7) is 0.907. The van der Waals surface area contributed by atoms with Crippen molar-refractivity contribution >= 4 is 34.3 Å². The zero-order valence-corrected chi connectivity index (χ0v) is 15.4. The number of halogens is 2. The fourth-order valence-corrected chi connectivity index (χ4v) is 5.06. The molecule has 0 radical (unpaired) electrons. The lowest BCUT2D eigenvalue weighted by molar-refractivity contribution is -0.117. The Kier molecular flexibility index (Phi) is 4.84. The number of carbonyl (C=O) groups excluding carboxylic acids is 1. The second kappa shape index (κ2) is 7.26. The first kappa shape index (κ1) is 17.3. The first-order valence-corrected chi connectivity index (χ1v) is 9.96. The molecule has 134 valence electrons. The van der Waals surface area contributed by atoms with Gasteiger partial charge in [-0.3, -0.25) is 9.69 Å². The van der Waals surface area contributed by atoms with Crippen LogP contribution in [-0.2, 0) is 11.2 Å². The standard InChI is InChI=1S/C19H16F2N2OS2/c20-12-3-4-15(14(21)10-12)22-18(24)11-23-7-5-16-13(6-9-26-16)19(23)17-2-1-8-25-17/h1-4,6,8-10,19H,5,7,11H2,(H,22,24)/t19-/m0/s1. The van der Waals surface area contributed by atoms with Crippen LogP contribution in [-0.4, -0.2) is 23.9 Å². The van der Waals surface area contributed by atoms with E-state index in [-0.39, 0.29) is 24.2 Å². The maximum atomic E-state index is 13.8. The Morgan fingerprint density at radius 3 is 2.85 bits per heavy atom. The fourth-order valence-electron chi connectivity index (χ4n) is 3.28. The molecule has 1 aliphatic heterocycles. The van der Waals surface area contributed by atoms with E-state index < -0.39 is 11.6 Å². The number of hydrogen-bond acceptors (Lipinski definition) is 4. The average molecular weight is 390 g/mol. The van der Waals surface area contributed by atoms with Gasteiger partial charge >= 0.3 is 0 Å². The first-order chi connectivity index (χ1) is 12.6. The molecule has 0 saturated heterocycles. The molecule has 1 aliphatic rings. The minimum Gasteiger partial charge on any atom is -0.322 e. The maximum absolute atomic E-state index is 13.8. The third-order valence-electron chi connectivity index (χ3n) is 4.43. The van der Waals surface area contributed by atoms with Crippen LogP contribution in [0.15, 0.2) is 47.2 Å². The van der Waals surface area contributed by atoms with Crippen LogP contribution >= 0.6 is 22.7 Å². The molecule has 0 bridgehead atoms. The molecule has 0 saturated carbocycles. The van der Waals surface area contributed by atoms with E-state index in [0.717, 1.165) is 25.1 Å². The van der Waals surface area contributed by atoms with Gasteiger partial charge in [0.1, 0.15) is 11.6 Å². The Morgan fingerprint density at radius 2 is 2.08 bits per heavy atom. The summed E-state index contributed by atoms with van der Waals surface area (Å²) in [6, 6.07) is 9.38. The molecule has 3 aromatic rings.